The van der Waals surface area contributed by atoms with Crippen LogP contribution < -0.4 is 9.47 Å². The van der Waals surface area contributed by atoms with Gasteiger partial charge in [-0.2, -0.15) is 5.26 Å². The number of methoxy groups -OCH3 is 1. The maximum Gasteiger partial charge on any atom is 0.349 e. The molecule has 23 heavy (non-hydrogen) atoms. The molecule has 0 spiro atoms. The Morgan fingerprint density at radius 3 is 2.65 bits per heavy atom. The van der Waals surface area contributed by atoms with Crippen molar-refractivity contribution in [1.82, 2.24) is 0 Å². The number of nitriles is 1. The van der Waals surface area contributed by atoms with E-state index in [0.29, 0.717) is 23.7 Å². The number of hydrogen-bond acceptors (Lipinski definition) is 5. The minimum atomic E-state index is -0.633. The Kier molecular flexibility index (Phi) is 7.69. The van der Waals surface area contributed by atoms with E-state index in [-0.39, 0.29) is 11.7 Å². The minimum Gasteiger partial charge on any atom is -0.493 e. The molecule has 1 rings (SSSR count). The van der Waals surface area contributed by atoms with Crippen molar-refractivity contribution >= 4 is 12.0 Å². The molecule has 0 fully saturated rings. The van der Waals surface area contributed by atoms with Gasteiger partial charge in [-0.15, -0.1) is 0 Å². The largest absolute Gasteiger partial charge is 0.493 e. The zero-order valence-electron chi connectivity index (χ0n) is 14.1. The smallest absolute Gasteiger partial charge is 0.349 e. The van der Waals surface area contributed by atoms with Crippen LogP contribution in [0, 0.1) is 11.3 Å². The first-order chi connectivity index (χ1) is 11.0. The lowest BCUT2D eigenvalue weighted by atomic mass is 10.1. The first-order valence-electron chi connectivity index (χ1n) is 7.65. The van der Waals surface area contributed by atoms with Crippen LogP contribution in [0.4, 0.5) is 0 Å². The second-order valence-electron chi connectivity index (χ2n) is 5.24. The molecule has 0 aliphatic heterocycles. The zero-order chi connectivity index (χ0) is 17.2. The van der Waals surface area contributed by atoms with Crippen LogP contribution in [0.5, 0.6) is 11.5 Å². The molecule has 0 aliphatic rings. The first-order valence-corrected chi connectivity index (χ1v) is 7.65. The fraction of sp³-hybridized carbons (Fsp3) is 0.444. The molecular formula is C18H23NO4. The summed E-state index contributed by atoms with van der Waals surface area (Å²) in [5.74, 6) is 0.567. The Morgan fingerprint density at radius 1 is 1.35 bits per heavy atom. The van der Waals surface area contributed by atoms with E-state index in [1.807, 2.05) is 6.07 Å². The Bertz CT molecular complexity index is 600. The number of esters is 1. The molecular weight excluding hydrogens is 294 g/mol. The third kappa shape index (κ3) is 6.03. The summed E-state index contributed by atoms with van der Waals surface area (Å²) in [4.78, 5) is 11.8. The summed E-state index contributed by atoms with van der Waals surface area (Å²) in [6, 6.07) is 7.12. The Hall–Kier alpha value is -2.48. The molecule has 0 radical (unpaired) electrons. The van der Waals surface area contributed by atoms with E-state index in [1.54, 1.807) is 39.2 Å². The van der Waals surface area contributed by atoms with Crippen molar-refractivity contribution in [3.63, 3.8) is 0 Å². The van der Waals surface area contributed by atoms with E-state index in [4.69, 9.17) is 19.5 Å². The van der Waals surface area contributed by atoms with Crippen LogP contribution in [-0.2, 0) is 9.53 Å². The van der Waals surface area contributed by atoms with Gasteiger partial charge >= 0.3 is 5.97 Å². The van der Waals surface area contributed by atoms with Gasteiger partial charge in [0.05, 0.1) is 19.8 Å². The van der Waals surface area contributed by atoms with Gasteiger partial charge in [0.15, 0.2) is 11.5 Å². The SMILES string of the molecule is CCCCOc1cc(/C=C(/C#N)C(=O)OC(C)C)ccc1OC. The maximum atomic E-state index is 11.8. The van der Waals surface area contributed by atoms with Gasteiger partial charge in [-0.3, -0.25) is 0 Å². The summed E-state index contributed by atoms with van der Waals surface area (Å²) >= 11 is 0. The maximum absolute atomic E-state index is 11.8. The van der Waals surface area contributed by atoms with Crippen molar-refractivity contribution < 1.29 is 19.0 Å². The predicted molar refractivity (Wildman–Crippen MR) is 88.2 cm³/mol. The number of rotatable bonds is 8. The van der Waals surface area contributed by atoms with E-state index in [1.165, 1.54) is 6.08 Å². The Labute approximate surface area is 137 Å². The van der Waals surface area contributed by atoms with Crippen LogP contribution in [0.2, 0.25) is 0 Å². The van der Waals surface area contributed by atoms with Crippen LogP contribution in [0.1, 0.15) is 39.2 Å². The van der Waals surface area contributed by atoms with Gasteiger partial charge in [-0.1, -0.05) is 19.4 Å². The quantitative estimate of drug-likeness (QED) is 0.316. The highest BCUT2D eigenvalue weighted by atomic mass is 16.5. The van der Waals surface area contributed by atoms with Crippen LogP contribution in [-0.4, -0.2) is 25.8 Å². The second kappa shape index (κ2) is 9.52. The number of hydrogen-bond donors (Lipinski definition) is 0. The third-order valence-electron chi connectivity index (χ3n) is 2.94. The van der Waals surface area contributed by atoms with E-state index in [2.05, 4.69) is 6.92 Å². The second-order valence-corrected chi connectivity index (χ2v) is 5.24. The van der Waals surface area contributed by atoms with E-state index in [9.17, 15) is 4.79 Å². The molecule has 5 nitrogen and oxygen atoms in total. The lowest BCUT2D eigenvalue weighted by Gasteiger charge is -2.11. The first kappa shape index (κ1) is 18.6. The van der Waals surface area contributed by atoms with Gasteiger partial charge < -0.3 is 14.2 Å². The van der Waals surface area contributed by atoms with Crippen molar-refractivity contribution in [1.29, 1.82) is 5.26 Å². The average Bonchev–Trinajstić information content (AvgIpc) is 2.52. The molecule has 124 valence electrons. The Balaban J connectivity index is 3.02. The lowest BCUT2D eigenvalue weighted by molar-refractivity contribution is -0.142. The monoisotopic (exact) mass is 317 g/mol. The minimum absolute atomic E-state index is 0.0524. The highest BCUT2D eigenvalue weighted by Crippen LogP contribution is 2.29. The predicted octanol–water partition coefficient (Wildman–Crippen LogP) is 3.73. The van der Waals surface area contributed by atoms with E-state index >= 15 is 0 Å². The van der Waals surface area contributed by atoms with Crippen molar-refractivity contribution in [3.8, 4) is 17.6 Å². The molecule has 5 heteroatoms. The summed E-state index contributed by atoms with van der Waals surface area (Å²) in [6.45, 7) is 6.14. The van der Waals surface area contributed by atoms with Crippen molar-refractivity contribution in [2.45, 2.75) is 39.7 Å². The summed E-state index contributed by atoms with van der Waals surface area (Å²) in [5.41, 5.74) is 0.623. The average molecular weight is 317 g/mol. The van der Waals surface area contributed by atoms with Gasteiger partial charge in [0.2, 0.25) is 0 Å². The van der Waals surface area contributed by atoms with Crippen molar-refractivity contribution in [3.05, 3.63) is 29.3 Å². The van der Waals surface area contributed by atoms with Crippen LogP contribution >= 0.6 is 0 Å². The van der Waals surface area contributed by atoms with E-state index in [0.717, 1.165) is 12.8 Å². The Morgan fingerprint density at radius 2 is 2.09 bits per heavy atom. The molecule has 1 aromatic carbocycles. The number of ether oxygens (including phenoxy) is 3. The zero-order valence-corrected chi connectivity index (χ0v) is 14.1. The van der Waals surface area contributed by atoms with Crippen molar-refractivity contribution in [2.75, 3.05) is 13.7 Å². The van der Waals surface area contributed by atoms with Crippen LogP contribution in [0.15, 0.2) is 23.8 Å². The standard InChI is InChI=1S/C18H23NO4/c1-5-6-9-22-17-11-14(7-8-16(17)21-4)10-15(12-19)18(20)23-13(2)3/h7-8,10-11,13H,5-6,9H2,1-4H3/b15-10-. The van der Waals surface area contributed by atoms with Gasteiger partial charge in [-0.05, 0) is 44.0 Å². The van der Waals surface area contributed by atoms with Gasteiger partial charge in [0, 0.05) is 0 Å². The molecule has 1 aromatic rings. The highest BCUT2D eigenvalue weighted by Gasteiger charge is 2.13. The molecule has 0 atom stereocenters. The molecule has 0 N–H and O–H groups in total. The number of unbranched alkanes of at least 4 members (excludes halogenated alkanes) is 1. The van der Waals surface area contributed by atoms with E-state index < -0.39 is 5.97 Å². The number of nitrogens with zero attached hydrogens (tertiary/aromatic N) is 1. The number of carbonyl (C=O) groups is 1. The molecule has 0 aromatic heterocycles. The summed E-state index contributed by atoms with van der Waals surface area (Å²) < 4.78 is 16.0. The molecule has 0 aliphatic carbocycles. The normalized spacial score (nSPS) is 11.0. The van der Waals surface area contributed by atoms with Gasteiger partial charge in [0.1, 0.15) is 11.6 Å². The third-order valence-corrected chi connectivity index (χ3v) is 2.94. The number of carbonyl (C=O) groups excluding carboxylic acids is 1. The van der Waals surface area contributed by atoms with Gasteiger partial charge in [-0.25, -0.2) is 4.79 Å². The molecule has 0 amide bonds. The molecule has 0 bridgehead atoms. The topological polar surface area (TPSA) is 68.5 Å². The summed E-state index contributed by atoms with van der Waals surface area (Å²) in [7, 11) is 1.57. The molecule has 0 heterocycles. The van der Waals surface area contributed by atoms with Crippen LogP contribution in [0.3, 0.4) is 0 Å². The van der Waals surface area contributed by atoms with Crippen molar-refractivity contribution in [2.24, 2.45) is 0 Å². The lowest BCUT2D eigenvalue weighted by Crippen LogP contribution is -2.12. The van der Waals surface area contributed by atoms with Crippen LogP contribution in [0.25, 0.3) is 6.08 Å². The summed E-state index contributed by atoms with van der Waals surface area (Å²) in [6.07, 6.45) is 3.18. The number of benzene rings is 1. The molecule has 0 saturated heterocycles. The highest BCUT2D eigenvalue weighted by molar-refractivity contribution is 5.98. The summed E-state index contributed by atoms with van der Waals surface area (Å²) in [5, 5.41) is 9.14. The molecule has 0 unspecified atom stereocenters. The molecule has 0 saturated carbocycles. The van der Waals surface area contributed by atoms with Gasteiger partial charge in [0.25, 0.3) is 0 Å². The fourth-order valence-corrected chi connectivity index (χ4v) is 1.80. The fourth-order valence-electron chi connectivity index (χ4n) is 1.80.